The largest absolute Gasteiger partial charge is 0.495 e. The van der Waals surface area contributed by atoms with Gasteiger partial charge in [0.25, 0.3) is 5.69 Å². The van der Waals surface area contributed by atoms with Crippen molar-refractivity contribution in [2.24, 2.45) is 0 Å². The van der Waals surface area contributed by atoms with Crippen LogP contribution >= 0.6 is 11.6 Å². The minimum absolute atomic E-state index is 0.0980. The quantitative estimate of drug-likeness (QED) is 0.529. The van der Waals surface area contributed by atoms with E-state index in [-0.39, 0.29) is 11.4 Å². The average Bonchev–Trinajstić information content (AvgIpc) is 2.38. The molecule has 0 saturated heterocycles. The van der Waals surface area contributed by atoms with Crippen molar-refractivity contribution in [3.8, 4) is 16.9 Å². The lowest BCUT2D eigenvalue weighted by Gasteiger charge is -2.09. The topological polar surface area (TPSA) is 78.4 Å². The van der Waals surface area contributed by atoms with Crippen molar-refractivity contribution in [2.45, 2.75) is 0 Å². The predicted octanol–water partition coefficient (Wildman–Crippen LogP) is 3.51. The highest BCUT2D eigenvalue weighted by Gasteiger charge is 2.20. The fourth-order valence-electron chi connectivity index (χ4n) is 1.81. The van der Waals surface area contributed by atoms with Crippen LogP contribution in [0.3, 0.4) is 0 Å². The molecule has 0 unspecified atom stereocenters. The Balaban J connectivity index is 2.72. The molecule has 19 heavy (non-hydrogen) atoms. The number of nitro benzene ring substituents is 1. The molecule has 0 aliphatic rings. The zero-order valence-electron chi connectivity index (χ0n) is 10.1. The number of nitrogens with zero attached hydrogens (tertiary/aromatic N) is 1. The van der Waals surface area contributed by atoms with Crippen LogP contribution in [0, 0.1) is 10.1 Å². The molecule has 5 nitrogen and oxygen atoms in total. The Morgan fingerprint density at radius 3 is 2.53 bits per heavy atom. The molecule has 0 aromatic heterocycles. The van der Waals surface area contributed by atoms with Gasteiger partial charge in [-0.05, 0) is 12.1 Å². The van der Waals surface area contributed by atoms with Gasteiger partial charge in [0.05, 0.1) is 28.7 Å². The number of para-hydroxylation sites is 1. The lowest BCUT2D eigenvalue weighted by atomic mass is 10.0. The van der Waals surface area contributed by atoms with E-state index >= 15 is 0 Å². The van der Waals surface area contributed by atoms with Crippen LogP contribution in [-0.2, 0) is 0 Å². The van der Waals surface area contributed by atoms with E-state index in [0.717, 1.165) is 0 Å². The molecule has 2 aromatic carbocycles. The molecule has 0 amide bonds. The molecule has 2 N–H and O–H groups in total. The highest BCUT2D eigenvalue weighted by Crippen LogP contribution is 2.39. The molecule has 0 fully saturated rings. The van der Waals surface area contributed by atoms with E-state index in [1.807, 2.05) is 0 Å². The number of rotatable bonds is 3. The van der Waals surface area contributed by atoms with E-state index in [1.165, 1.54) is 19.2 Å². The van der Waals surface area contributed by atoms with Gasteiger partial charge in [-0.2, -0.15) is 0 Å². The second-order valence-corrected chi connectivity index (χ2v) is 4.26. The van der Waals surface area contributed by atoms with Gasteiger partial charge in [0.2, 0.25) is 0 Å². The number of ether oxygens (including phenoxy) is 1. The highest BCUT2D eigenvalue weighted by molar-refractivity contribution is 6.32. The maximum absolute atomic E-state index is 11.2. The maximum atomic E-state index is 11.2. The maximum Gasteiger partial charge on any atom is 0.281 e. The highest BCUT2D eigenvalue weighted by atomic mass is 35.5. The van der Waals surface area contributed by atoms with Gasteiger partial charge in [0.15, 0.2) is 0 Å². The predicted molar refractivity (Wildman–Crippen MR) is 74.5 cm³/mol. The number of nitro groups is 1. The van der Waals surface area contributed by atoms with Crippen LogP contribution in [-0.4, -0.2) is 12.0 Å². The molecule has 98 valence electrons. The lowest BCUT2D eigenvalue weighted by molar-refractivity contribution is -0.384. The molecule has 0 atom stereocenters. The van der Waals surface area contributed by atoms with Crippen LogP contribution in [0.2, 0.25) is 5.02 Å². The van der Waals surface area contributed by atoms with Crippen LogP contribution in [0.1, 0.15) is 0 Å². The normalized spacial score (nSPS) is 10.2. The van der Waals surface area contributed by atoms with Crippen LogP contribution in [0.15, 0.2) is 36.4 Å². The molecular weight excluding hydrogens is 268 g/mol. The molecular formula is C13H11ClN2O3. The van der Waals surface area contributed by atoms with Crippen molar-refractivity contribution in [3.05, 3.63) is 51.5 Å². The second-order valence-electron chi connectivity index (χ2n) is 3.85. The van der Waals surface area contributed by atoms with Gasteiger partial charge in [-0.15, -0.1) is 0 Å². The van der Waals surface area contributed by atoms with Gasteiger partial charge >= 0.3 is 0 Å². The molecule has 0 spiro atoms. The fraction of sp³-hybridized carbons (Fsp3) is 0.0769. The summed E-state index contributed by atoms with van der Waals surface area (Å²) in [4.78, 5) is 10.7. The van der Waals surface area contributed by atoms with Crippen molar-refractivity contribution >= 4 is 23.0 Å². The van der Waals surface area contributed by atoms with E-state index < -0.39 is 4.92 Å². The standard InChI is InChI=1S/C13H11ClN2O3/c1-19-13-7-12(16(17)18)9(6-10(13)14)8-4-2-3-5-11(8)15/h2-7H,15H2,1H3. The van der Waals surface area contributed by atoms with Gasteiger partial charge in [0.1, 0.15) is 5.75 Å². The van der Waals surface area contributed by atoms with Gasteiger partial charge in [0, 0.05) is 11.3 Å². The third-order valence-electron chi connectivity index (χ3n) is 2.72. The molecule has 0 saturated carbocycles. The summed E-state index contributed by atoms with van der Waals surface area (Å²) < 4.78 is 4.99. The summed E-state index contributed by atoms with van der Waals surface area (Å²) in [5.74, 6) is 0.256. The van der Waals surface area contributed by atoms with Crippen molar-refractivity contribution in [1.82, 2.24) is 0 Å². The molecule has 2 rings (SSSR count). The summed E-state index contributed by atoms with van der Waals surface area (Å²) in [5.41, 5.74) is 7.14. The minimum Gasteiger partial charge on any atom is -0.495 e. The summed E-state index contributed by atoms with van der Waals surface area (Å²) >= 11 is 6.02. The van der Waals surface area contributed by atoms with Gasteiger partial charge in [-0.1, -0.05) is 29.8 Å². The summed E-state index contributed by atoms with van der Waals surface area (Å²) in [5, 5.41) is 11.4. The number of benzene rings is 2. The average molecular weight is 279 g/mol. The van der Waals surface area contributed by atoms with Crippen LogP contribution in [0.5, 0.6) is 5.75 Å². The van der Waals surface area contributed by atoms with Gasteiger partial charge in [-0.3, -0.25) is 10.1 Å². The molecule has 2 aromatic rings. The van der Waals surface area contributed by atoms with Crippen LogP contribution in [0.25, 0.3) is 11.1 Å². The van der Waals surface area contributed by atoms with E-state index in [9.17, 15) is 10.1 Å². The summed E-state index contributed by atoms with van der Waals surface area (Å²) in [6, 6.07) is 9.69. The number of nitrogen functional groups attached to an aromatic ring is 1. The minimum atomic E-state index is -0.485. The van der Waals surface area contributed by atoms with Crippen molar-refractivity contribution < 1.29 is 9.66 Å². The molecule has 0 bridgehead atoms. The van der Waals surface area contributed by atoms with E-state index in [1.54, 1.807) is 24.3 Å². The zero-order valence-corrected chi connectivity index (χ0v) is 10.8. The number of hydrogen-bond acceptors (Lipinski definition) is 4. The smallest absolute Gasteiger partial charge is 0.281 e. The first-order valence-electron chi connectivity index (χ1n) is 5.41. The first-order valence-corrected chi connectivity index (χ1v) is 5.79. The Bertz CT molecular complexity index is 644. The number of methoxy groups -OCH3 is 1. The second kappa shape index (κ2) is 5.16. The SMILES string of the molecule is COc1cc([N+](=O)[O-])c(-c2ccccc2N)cc1Cl. The van der Waals surface area contributed by atoms with Crippen LogP contribution in [0.4, 0.5) is 11.4 Å². The lowest BCUT2D eigenvalue weighted by Crippen LogP contribution is -1.97. The van der Waals surface area contributed by atoms with Crippen molar-refractivity contribution in [3.63, 3.8) is 0 Å². The molecule has 0 aliphatic carbocycles. The Morgan fingerprint density at radius 2 is 1.95 bits per heavy atom. The molecule has 0 radical (unpaired) electrons. The van der Waals surface area contributed by atoms with Crippen molar-refractivity contribution in [2.75, 3.05) is 12.8 Å². The summed E-state index contributed by atoms with van der Waals surface area (Å²) in [7, 11) is 1.40. The Labute approximate surface area is 114 Å². The third kappa shape index (κ3) is 2.46. The number of anilines is 1. The molecule has 6 heteroatoms. The third-order valence-corrected chi connectivity index (χ3v) is 3.01. The first-order chi connectivity index (χ1) is 9.04. The van der Waals surface area contributed by atoms with E-state index in [4.69, 9.17) is 22.1 Å². The Hall–Kier alpha value is -2.27. The first kappa shape index (κ1) is 13.2. The van der Waals surface area contributed by atoms with E-state index in [2.05, 4.69) is 0 Å². The zero-order chi connectivity index (χ0) is 14.0. The van der Waals surface area contributed by atoms with Crippen molar-refractivity contribution in [1.29, 1.82) is 0 Å². The summed E-state index contributed by atoms with van der Waals surface area (Å²) in [6.07, 6.45) is 0. The summed E-state index contributed by atoms with van der Waals surface area (Å²) in [6.45, 7) is 0. The van der Waals surface area contributed by atoms with Gasteiger partial charge < -0.3 is 10.5 Å². The number of nitrogens with two attached hydrogens (primary N) is 1. The number of hydrogen-bond donors (Lipinski definition) is 1. The monoisotopic (exact) mass is 278 g/mol. The van der Waals surface area contributed by atoms with Crippen LogP contribution < -0.4 is 10.5 Å². The van der Waals surface area contributed by atoms with E-state index in [0.29, 0.717) is 21.8 Å². The Kier molecular flexibility index (Phi) is 3.57. The molecule has 0 aliphatic heterocycles. The van der Waals surface area contributed by atoms with Gasteiger partial charge in [-0.25, -0.2) is 0 Å². The fourth-order valence-corrected chi connectivity index (χ4v) is 2.05. The molecule has 0 heterocycles. The Morgan fingerprint density at radius 1 is 1.26 bits per heavy atom. The number of halogens is 1.